The summed E-state index contributed by atoms with van der Waals surface area (Å²) in [4.78, 5) is 26.9. The predicted octanol–water partition coefficient (Wildman–Crippen LogP) is 2.45. The maximum absolute atomic E-state index is 12.8. The molecule has 0 radical (unpaired) electrons. The lowest BCUT2D eigenvalue weighted by Gasteiger charge is -2.32. The van der Waals surface area contributed by atoms with Gasteiger partial charge in [0.05, 0.1) is 0 Å². The van der Waals surface area contributed by atoms with Gasteiger partial charge in [0.15, 0.2) is 11.5 Å². The molecule has 29 heavy (non-hydrogen) atoms. The van der Waals surface area contributed by atoms with Crippen LogP contribution >= 0.6 is 11.3 Å². The van der Waals surface area contributed by atoms with Gasteiger partial charge < -0.3 is 14.4 Å². The predicted molar refractivity (Wildman–Crippen MR) is 107 cm³/mol. The smallest absolute Gasteiger partial charge is 0.348 e. The number of rotatable bonds is 4. The second-order valence-electron chi connectivity index (χ2n) is 7.24. The van der Waals surface area contributed by atoms with E-state index in [9.17, 15) is 9.59 Å². The van der Waals surface area contributed by atoms with Crippen molar-refractivity contribution in [1.29, 1.82) is 0 Å². The fourth-order valence-electron chi connectivity index (χ4n) is 3.90. The van der Waals surface area contributed by atoms with E-state index in [2.05, 4.69) is 10.2 Å². The zero-order chi connectivity index (χ0) is 19.8. The van der Waals surface area contributed by atoms with Crippen molar-refractivity contribution in [3.63, 3.8) is 0 Å². The molecule has 5 rings (SSSR count). The number of thiophene rings is 1. The molecule has 0 unspecified atom stereocenters. The third kappa shape index (κ3) is 3.42. The lowest BCUT2D eigenvalue weighted by Crippen LogP contribution is -2.39. The molecule has 1 amide bonds. The van der Waals surface area contributed by atoms with Gasteiger partial charge in [-0.05, 0) is 54.5 Å². The highest BCUT2D eigenvalue weighted by Crippen LogP contribution is 2.33. The molecular formula is C20H20N4O4S. The average Bonchev–Trinajstić information content (AvgIpc) is 3.49. The number of nitrogens with zero attached hydrogens (tertiary/aromatic N) is 3. The molecule has 2 aliphatic heterocycles. The third-order valence-corrected chi connectivity index (χ3v) is 6.31. The van der Waals surface area contributed by atoms with E-state index in [1.165, 1.54) is 11.3 Å². The molecule has 1 fully saturated rings. The summed E-state index contributed by atoms with van der Waals surface area (Å²) in [5.74, 6) is 2.44. The first-order chi connectivity index (χ1) is 14.2. The molecule has 3 aromatic rings. The number of benzene rings is 1. The molecule has 1 saturated heterocycles. The molecule has 0 saturated carbocycles. The maximum Gasteiger partial charge on any atom is 0.348 e. The van der Waals surface area contributed by atoms with Crippen LogP contribution in [0.1, 0.15) is 29.0 Å². The van der Waals surface area contributed by atoms with Gasteiger partial charge in [0.1, 0.15) is 10.8 Å². The van der Waals surface area contributed by atoms with E-state index in [-0.39, 0.29) is 18.4 Å². The fraction of sp³-hybridized carbons (Fsp3) is 0.350. The highest BCUT2D eigenvalue weighted by Gasteiger charge is 2.26. The van der Waals surface area contributed by atoms with Crippen LogP contribution in [-0.4, -0.2) is 45.5 Å². The van der Waals surface area contributed by atoms with E-state index in [4.69, 9.17) is 9.47 Å². The summed E-state index contributed by atoms with van der Waals surface area (Å²) in [5.41, 5.74) is 0.407. The number of carbonyl (C=O) groups is 1. The van der Waals surface area contributed by atoms with Gasteiger partial charge in [-0.15, -0.1) is 11.3 Å². The topological polar surface area (TPSA) is 89.5 Å². The Morgan fingerprint density at radius 2 is 2.03 bits per heavy atom. The SMILES string of the molecule is O=C(c1ccc2c(c1)OCO2)N1CCC(Cc2n[nH]c(=O)n2-c2cccs2)CC1. The summed E-state index contributed by atoms with van der Waals surface area (Å²) in [7, 11) is 0. The molecule has 9 heteroatoms. The Bertz CT molecular complexity index is 1080. The van der Waals surface area contributed by atoms with Gasteiger partial charge in [-0.2, -0.15) is 5.10 Å². The van der Waals surface area contributed by atoms with Gasteiger partial charge in [0.2, 0.25) is 6.79 Å². The summed E-state index contributed by atoms with van der Waals surface area (Å²) in [5, 5.41) is 9.60. The molecule has 2 aromatic heterocycles. The average molecular weight is 412 g/mol. The van der Waals surface area contributed by atoms with Gasteiger partial charge in [-0.1, -0.05) is 0 Å². The van der Waals surface area contributed by atoms with Crippen molar-refractivity contribution in [3.05, 3.63) is 57.6 Å². The van der Waals surface area contributed by atoms with E-state index >= 15 is 0 Å². The molecule has 0 atom stereocenters. The number of ether oxygens (including phenoxy) is 2. The summed E-state index contributed by atoms with van der Waals surface area (Å²) in [6.45, 7) is 1.57. The summed E-state index contributed by atoms with van der Waals surface area (Å²) in [6, 6.07) is 9.15. The molecular weight excluding hydrogens is 392 g/mol. The Labute approximate surface area is 170 Å². The van der Waals surface area contributed by atoms with Crippen molar-refractivity contribution in [1.82, 2.24) is 19.7 Å². The second kappa shape index (κ2) is 7.40. The van der Waals surface area contributed by atoms with Crippen molar-refractivity contribution in [3.8, 4) is 16.5 Å². The molecule has 150 valence electrons. The van der Waals surface area contributed by atoms with E-state index in [1.54, 1.807) is 22.8 Å². The highest BCUT2D eigenvalue weighted by atomic mass is 32.1. The van der Waals surface area contributed by atoms with Crippen LogP contribution in [-0.2, 0) is 6.42 Å². The maximum atomic E-state index is 12.8. The first kappa shape index (κ1) is 18.0. The first-order valence-corrected chi connectivity index (χ1v) is 10.5. The number of aromatic nitrogens is 3. The number of hydrogen-bond donors (Lipinski definition) is 1. The number of amides is 1. The number of hydrogen-bond acceptors (Lipinski definition) is 6. The Hall–Kier alpha value is -3.07. The van der Waals surface area contributed by atoms with Gasteiger partial charge in [-0.3, -0.25) is 4.79 Å². The summed E-state index contributed by atoms with van der Waals surface area (Å²) in [6.07, 6.45) is 2.46. The van der Waals surface area contributed by atoms with Crippen molar-refractivity contribution in [2.75, 3.05) is 19.9 Å². The Morgan fingerprint density at radius 1 is 1.21 bits per heavy atom. The molecule has 1 N–H and O–H groups in total. The van der Waals surface area contributed by atoms with Crippen LogP contribution in [0.3, 0.4) is 0 Å². The van der Waals surface area contributed by atoms with E-state index < -0.39 is 0 Å². The third-order valence-electron chi connectivity index (χ3n) is 5.46. The van der Waals surface area contributed by atoms with Gasteiger partial charge in [-0.25, -0.2) is 14.5 Å². The first-order valence-electron chi connectivity index (χ1n) is 9.58. The standard InChI is InChI=1S/C20H20N4O4S/c25-19(14-3-4-15-16(11-14)28-12-27-15)23-7-5-13(6-8-23)10-17-21-22-20(26)24(17)18-2-1-9-29-18/h1-4,9,11,13H,5-8,10,12H2,(H,22,26). The van der Waals surface area contributed by atoms with E-state index in [0.29, 0.717) is 42.5 Å². The molecule has 0 aliphatic carbocycles. The van der Waals surface area contributed by atoms with Crippen LogP contribution in [0.4, 0.5) is 0 Å². The number of H-pyrrole nitrogens is 1. The minimum absolute atomic E-state index is 0.0111. The molecule has 4 heterocycles. The van der Waals surface area contributed by atoms with Crippen LogP contribution in [0, 0.1) is 5.92 Å². The van der Waals surface area contributed by atoms with Crippen LogP contribution in [0.5, 0.6) is 11.5 Å². The molecule has 2 aliphatic rings. The number of fused-ring (bicyclic) bond motifs is 1. The van der Waals surface area contributed by atoms with E-state index in [1.807, 2.05) is 22.4 Å². The summed E-state index contributed by atoms with van der Waals surface area (Å²) < 4.78 is 12.3. The highest BCUT2D eigenvalue weighted by molar-refractivity contribution is 7.12. The zero-order valence-electron chi connectivity index (χ0n) is 15.7. The number of piperidine rings is 1. The molecule has 0 bridgehead atoms. The molecule has 0 spiro atoms. The lowest BCUT2D eigenvalue weighted by atomic mass is 9.93. The number of likely N-dealkylation sites (tertiary alicyclic amines) is 1. The Balaban J connectivity index is 1.24. The quantitative estimate of drug-likeness (QED) is 0.711. The largest absolute Gasteiger partial charge is 0.454 e. The Kier molecular flexibility index (Phi) is 4.59. The van der Waals surface area contributed by atoms with Crippen LogP contribution in [0.15, 0.2) is 40.5 Å². The minimum atomic E-state index is -0.210. The van der Waals surface area contributed by atoms with Crippen molar-refractivity contribution in [2.24, 2.45) is 5.92 Å². The van der Waals surface area contributed by atoms with Gasteiger partial charge in [0, 0.05) is 25.1 Å². The number of aromatic amines is 1. The van der Waals surface area contributed by atoms with Crippen LogP contribution < -0.4 is 15.2 Å². The molecule has 8 nitrogen and oxygen atoms in total. The van der Waals surface area contributed by atoms with E-state index in [0.717, 1.165) is 23.7 Å². The minimum Gasteiger partial charge on any atom is -0.454 e. The van der Waals surface area contributed by atoms with Crippen molar-refractivity contribution < 1.29 is 14.3 Å². The lowest BCUT2D eigenvalue weighted by molar-refractivity contribution is 0.0689. The fourth-order valence-corrected chi connectivity index (χ4v) is 4.65. The monoisotopic (exact) mass is 412 g/mol. The zero-order valence-corrected chi connectivity index (χ0v) is 16.5. The number of nitrogens with one attached hydrogen (secondary N) is 1. The van der Waals surface area contributed by atoms with Crippen LogP contribution in [0.25, 0.3) is 5.00 Å². The summed E-state index contributed by atoms with van der Waals surface area (Å²) >= 11 is 1.51. The van der Waals surface area contributed by atoms with Crippen molar-refractivity contribution in [2.45, 2.75) is 19.3 Å². The number of carbonyl (C=O) groups excluding carboxylic acids is 1. The Morgan fingerprint density at radius 3 is 2.83 bits per heavy atom. The van der Waals surface area contributed by atoms with Gasteiger partial charge >= 0.3 is 5.69 Å². The second-order valence-corrected chi connectivity index (χ2v) is 8.17. The van der Waals surface area contributed by atoms with Gasteiger partial charge in [0.25, 0.3) is 5.91 Å². The van der Waals surface area contributed by atoms with Crippen LogP contribution in [0.2, 0.25) is 0 Å². The normalized spacial score (nSPS) is 16.3. The van der Waals surface area contributed by atoms with Crippen molar-refractivity contribution >= 4 is 17.2 Å². The molecule has 1 aromatic carbocycles.